The van der Waals surface area contributed by atoms with E-state index < -0.39 is 23.9 Å². The molecule has 0 fully saturated rings. The summed E-state index contributed by atoms with van der Waals surface area (Å²) in [5.41, 5.74) is 6.84. The Balaban J connectivity index is 1.60. The average Bonchev–Trinajstić information content (AvgIpc) is 3.10. The number of aromatic nitrogens is 2. The van der Waals surface area contributed by atoms with Crippen molar-refractivity contribution in [2.45, 2.75) is 45.1 Å². The summed E-state index contributed by atoms with van der Waals surface area (Å²) in [6.45, 7) is 2.54. The minimum Gasteiger partial charge on any atom is -0.481 e. The first-order valence-corrected chi connectivity index (χ1v) is 10.9. The number of hydrogen-bond acceptors (Lipinski definition) is 8. The van der Waals surface area contributed by atoms with Crippen LogP contribution in [0.5, 0.6) is 0 Å². The van der Waals surface area contributed by atoms with Crippen LogP contribution < -0.4 is 21.9 Å². The Labute approximate surface area is 187 Å². The third kappa shape index (κ3) is 5.63. The fourth-order valence-corrected chi connectivity index (χ4v) is 4.72. The summed E-state index contributed by atoms with van der Waals surface area (Å²) in [4.78, 5) is 54.6. The molecule has 7 N–H and O–H groups in total. The predicted octanol–water partition coefficient (Wildman–Crippen LogP) is 0.987. The molecule has 0 spiro atoms. The number of thiophene rings is 1. The molecule has 2 atom stereocenters. The van der Waals surface area contributed by atoms with Gasteiger partial charge in [0.05, 0.1) is 10.4 Å². The number of nitrogens with two attached hydrogens (primary N) is 1. The molecule has 1 aliphatic heterocycles. The van der Waals surface area contributed by atoms with Gasteiger partial charge in [-0.15, -0.1) is 11.3 Å². The van der Waals surface area contributed by atoms with Crippen LogP contribution in [-0.4, -0.2) is 50.6 Å². The number of carboxylic acids is 2. The maximum absolute atomic E-state index is 12.5. The van der Waals surface area contributed by atoms with Crippen molar-refractivity contribution >= 4 is 40.9 Å². The van der Waals surface area contributed by atoms with Gasteiger partial charge in [-0.2, -0.15) is 4.98 Å². The van der Waals surface area contributed by atoms with E-state index in [1.807, 2.05) is 6.92 Å². The van der Waals surface area contributed by atoms with Gasteiger partial charge in [-0.3, -0.25) is 19.4 Å². The number of carbonyl (C=O) groups excluding carboxylic acids is 1. The third-order valence-corrected chi connectivity index (χ3v) is 6.65. The Hall–Kier alpha value is -3.41. The Kier molecular flexibility index (Phi) is 7.13. The molecule has 3 rings (SSSR count). The predicted molar refractivity (Wildman–Crippen MR) is 118 cm³/mol. The molecular formula is C20H25N5O6S. The molecule has 32 heavy (non-hydrogen) atoms. The van der Waals surface area contributed by atoms with Crippen molar-refractivity contribution in [3.63, 3.8) is 0 Å². The summed E-state index contributed by atoms with van der Waals surface area (Å²) < 4.78 is 0. The number of H-pyrrole nitrogens is 1. The molecule has 3 heterocycles. The van der Waals surface area contributed by atoms with Crippen LogP contribution in [0.4, 0.5) is 11.8 Å². The van der Waals surface area contributed by atoms with Gasteiger partial charge in [0.2, 0.25) is 5.95 Å². The molecule has 11 nitrogen and oxygen atoms in total. The molecule has 1 amide bonds. The van der Waals surface area contributed by atoms with Gasteiger partial charge >= 0.3 is 11.9 Å². The average molecular weight is 464 g/mol. The van der Waals surface area contributed by atoms with E-state index in [2.05, 4.69) is 20.6 Å². The molecule has 2 aromatic rings. The highest BCUT2D eigenvalue weighted by atomic mass is 32.1. The fraction of sp³-hybridized carbons (Fsp3) is 0.450. The van der Waals surface area contributed by atoms with E-state index in [1.54, 1.807) is 6.07 Å². The lowest BCUT2D eigenvalue weighted by Crippen LogP contribution is -2.40. The van der Waals surface area contributed by atoms with Gasteiger partial charge in [0.15, 0.2) is 0 Å². The Bertz CT molecular complexity index is 1090. The number of nitrogens with zero attached hydrogens (tertiary/aromatic N) is 1. The number of nitrogens with one attached hydrogen (secondary N) is 3. The summed E-state index contributed by atoms with van der Waals surface area (Å²) in [6, 6.07) is 0.440. The van der Waals surface area contributed by atoms with Crippen molar-refractivity contribution in [1.82, 2.24) is 15.3 Å². The summed E-state index contributed by atoms with van der Waals surface area (Å²) in [6.07, 6.45) is 1.52. The number of carboxylic acid groups (broad SMARTS) is 2. The number of aliphatic carboxylic acids is 2. The molecule has 0 radical (unpaired) electrons. The van der Waals surface area contributed by atoms with Gasteiger partial charge < -0.3 is 26.6 Å². The molecule has 2 aromatic heterocycles. The van der Waals surface area contributed by atoms with E-state index in [4.69, 9.17) is 10.8 Å². The topological polar surface area (TPSA) is 188 Å². The molecule has 0 saturated carbocycles. The van der Waals surface area contributed by atoms with E-state index in [-0.39, 0.29) is 30.3 Å². The largest absolute Gasteiger partial charge is 0.481 e. The maximum atomic E-state index is 12.5. The molecule has 0 bridgehead atoms. The van der Waals surface area contributed by atoms with E-state index in [9.17, 15) is 24.3 Å². The van der Waals surface area contributed by atoms with Crippen LogP contribution in [0.25, 0.3) is 0 Å². The first-order chi connectivity index (χ1) is 15.1. The van der Waals surface area contributed by atoms with Crippen LogP contribution in [0.1, 0.15) is 44.9 Å². The molecule has 172 valence electrons. The van der Waals surface area contributed by atoms with Gasteiger partial charge in [-0.1, -0.05) is 0 Å². The number of carbonyl (C=O) groups is 3. The van der Waals surface area contributed by atoms with Gasteiger partial charge in [0, 0.05) is 17.8 Å². The first kappa shape index (κ1) is 23.3. The van der Waals surface area contributed by atoms with Crippen molar-refractivity contribution in [2.24, 2.45) is 5.92 Å². The van der Waals surface area contributed by atoms with Crippen molar-refractivity contribution in [2.75, 3.05) is 17.6 Å². The number of anilines is 2. The van der Waals surface area contributed by atoms with E-state index in [0.717, 1.165) is 16.9 Å². The molecular weight excluding hydrogens is 438 g/mol. The number of rotatable bonds is 9. The van der Waals surface area contributed by atoms with Gasteiger partial charge in [-0.25, -0.2) is 4.79 Å². The second kappa shape index (κ2) is 9.81. The van der Waals surface area contributed by atoms with Crippen LogP contribution in [0.2, 0.25) is 0 Å². The summed E-state index contributed by atoms with van der Waals surface area (Å²) in [5, 5.41) is 23.5. The van der Waals surface area contributed by atoms with Crippen LogP contribution in [0, 0.1) is 12.8 Å². The van der Waals surface area contributed by atoms with E-state index >= 15 is 0 Å². The highest BCUT2D eigenvalue weighted by Crippen LogP contribution is 2.28. The summed E-state index contributed by atoms with van der Waals surface area (Å²) in [5.74, 6) is -2.13. The van der Waals surface area contributed by atoms with Crippen LogP contribution >= 0.6 is 11.3 Å². The zero-order valence-electron chi connectivity index (χ0n) is 17.4. The first-order valence-electron chi connectivity index (χ1n) is 10.1. The second-order valence-corrected chi connectivity index (χ2v) is 8.92. The summed E-state index contributed by atoms with van der Waals surface area (Å²) in [7, 11) is 0. The second-order valence-electron chi connectivity index (χ2n) is 7.78. The Morgan fingerprint density at radius 1 is 1.38 bits per heavy atom. The van der Waals surface area contributed by atoms with Crippen molar-refractivity contribution < 1.29 is 24.6 Å². The smallest absolute Gasteiger partial charge is 0.326 e. The Morgan fingerprint density at radius 2 is 2.12 bits per heavy atom. The van der Waals surface area contributed by atoms with Gasteiger partial charge in [0.25, 0.3) is 11.5 Å². The SMILES string of the molecule is Cc1cc(C(=O)NC(CCC(=O)O)C(=O)O)sc1CCC1CNc2nc(N)[nH]c(=O)c2C1. The minimum atomic E-state index is -1.27. The number of fused-ring (bicyclic) bond motifs is 1. The summed E-state index contributed by atoms with van der Waals surface area (Å²) >= 11 is 1.29. The lowest BCUT2D eigenvalue weighted by molar-refractivity contribution is -0.140. The molecule has 0 saturated heterocycles. The van der Waals surface area contributed by atoms with E-state index in [1.165, 1.54) is 11.3 Å². The monoisotopic (exact) mass is 463 g/mol. The highest BCUT2D eigenvalue weighted by molar-refractivity contribution is 7.14. The lowest BCUT2D eigenvalue weighted by Gasteiger charge is -2.24. The van der Waals surface area contributed by atoms with Crippen molar-refractivity contribution in [3.05, 3.63) is 37.3 Å². The fourth-order valence-electron chi connectivity index (χ4n) is 3.63. The quantitative estimate of drug-likeness (QED) is 0.315. The molecule has 2 unspecified atom stereocenters. The van der Waals surface area contributed by atoms with Gasteiger partial charge in [0.1, 0.15) is 11.9 Å². The maximum Gasteiger partial charge on any atom is 0.326 e. The number of aromatic amines is 1. The minimum absolute atomic E-state index is 0.0767. The standard InChI is InChI=1S/C20H25N5O6S/c1-9-6-14(18(29)23-12(19(30)31)3-5-15(26)27)32-13(9)4-2-10-7-11-16(22-8-10)24-20(21)25-17(11)28/h6,10,12H,2-5,7-8H2,1H3,(H,23,29)(H,26,27)(H,30,31)(H4,21,22,24,25,28). The normalized spacial score (nSPS) is 16.0. The van der Waals surface area contributed by atoms with E-state index in [0.29, 0.717) is 35.6 Å². The molecule has 12 heteroatoms. The zero-order chi connectivity index (χ0) is 23.4. The number of nitrogen functional groups attached to an aromatic ring is 1. The molecule has 0 aliphatic carbocycles. The molecule has 0 aromatic carbocycles. The number of hydrogen-bond donors (Lipinski definition) is 6. The number of aryl methyl sites for hydroxylation is 2. The van der Waals surface area contributed by atoms with Gasteiger partial charge in [-0.05, 0) is 50.2 Å². The highest BCUT2D eigenvalue weighted by Gasteiger charge is 2.25. The third-order valence-electron chi connectivity index (χ3n) is 5.36. The van der Waals surface area contributed by atoms with Crippen molar-refractivity contribution in [1.29, 1.82) is 0 Å². The molecule has 1 aliphatic rings. The van der Waals surface area contributed by atoms with Crippen molar-refractivity contribution in [3.8, 4) is 0 Å². The van der Waals surface area contributed by atoms with Crippen LogP contribution in [-0.2, 0) is 22.4 Å². The zero-order valence-corrected chi connectivity index (χ0v) is 18.3. The van der Waals surface area contributed by atoms with Crippen LogP contribution in [0.15, 0.2) is 10.9 Å². The van der Waals surface area contributed by atoms with Crippen LogP contribution in [0.3, 0.4) is 0 Å². The number of amides is 1. The lowest BCUT2D eigenvalue weighted by atomic mass is 9.92. The Morgan fingerprint density at radius 3 is 2.81 bits per heavy atom.